The van der Waals surface area contributed by atoms with Gasteiger partial charge in [-0.25, -0.2) is 0 Å². The zero-order valence-corrected chi connectivity index (χ0v) is 16.7. The lowest BCUT2D eigenvalue weighted by Crippen LogP contribution is -2.44. The molecule has 3 atom stereocenters. The SMILES string of the molecule is Cc1ccc(-n2nnnc2SCC(=O)N[C@H]2CCC[C@@H](C)[C@@H]2C)c(C)c1. The molecular formula is C19H27N5OS. The number of aryl methyl sites for hydroxylation is 2. The van der Waals surface area contributed by atoms with E-state index in [-0.39, 0.29) is 11.9 Å². The van der Waals surface area contributed by atoms with Crippen LogP contribution in [0.25, 0.3) is 5.69 Å². The third-order valence-corrected chi connectivity index (χ3v) is 6.33. The van der Waals surface area contributed by atoms with Crippen LogP contribution < -0.4 is 5.32 Å². The second-order valence-corrected chi connectivity index (χ2v) is 8.34. The Kier molecular flexibility index (Phi) is 5.96. The van der Waals surface area contributed by atoms with E-state index in [1.54, 1.807) is 4.68 Å². The molecule has 0 bridgehead atoms. The number of thioether (sulfide) groups is 1. The van der Waals surface area contributed by atoms with E-state index in [0.717, 1.165) is 17.7 Å². The maximum atomic E-state index is 12.4. The second-order valence-electron chi connectivity index (χ2n) is 7.39. The Bertz CT molecular complexity index is 775. The Morgan fingerprint density at radius 3 is 2.88 bits per heavy atom. The average molecular weight is 374 g/mol. The Balaban J connectivity index is 1.62. The van der Waals surface area contributed by atoms with Crippen molar-refractivity contribution in [2.24, 2.45) is 11.8 Å². The molecule has 2 aromatic rings. The molecule has 3 rings (SSSR count). The number of benzene rings is 1. The highest BCUT2D eigenvalue weighted by molar-refractivity contribution is 7.99. The van der Waals surface area contributed by atoms with E-state index < -0.39 is 0 Å². The summed E-state index contributed by atoms with van der Waals surface area (Å²) in [5, 5.41) is 15.8. The molecule has 1 aromatic carbocycles. The summed E-state index contributed by atoms with van der Waals surface area (Å²) in [6.45, 7) is 8.61. The molecule has 0 unspecified atom stereocenters. The van der Waals surface area contributed by atoms with Gasteiger partial charge in [0, 0.05) is 6.04 Å². The topological polar surface area (TPSA) is 72.7 Å². The molecule has 7 heteroatoms. The van der Waals surface area contributed by atoms with Gasteiger partial charge in [-0.3, -0.25) is 4.79 Å². The standard InChI is InChI=1S/C19H27N5OS/c1-12-8-9-17(14(3)10-12)24-19(21-22-23-24)26-11-18(25)20-16-7-5-6-13(2)15(16)4/h8-10,13,15-16H,5-7,11H2,1-4H3,(H,20,25)/t13-,15+,16+/m1/s1. The summed E-state index contributed by atoms with van der Waals surface area (Å²) in [7, 11) is 0. The lowest BCUT2D eigenvalue weighted by Gasteiger charge is -2.34. The summed E-state index contributed by atoms with van der Waals surface area (Å²) in [5.41, 5.74) is 3.25. The Morgan fingerprint density at radius 1 is 1.31 bits per heavy atom. The molecule has 1 aromatic heterocycles. The Hall–Kier alpha value is -1.89. The van der Waals surface area contributed by atoms with Gasteiger partial charge in [-0.1, -0.05) is 56.1 Å². The van der Waals surface area contributed by atoms with Crippen molar-refractivity contribution in [2.75, 3.05) is 5.75 Å². The molecule has 0 radical (unpaired) electrons. The quantitative estimate of drug-likeness (QED) is 0.814. The summed E-state index contributed by atoms with van der Waals surface area (Å²) in [4.78, 5) is 12.4. The first-order valence-corrected chi connectivity index (χ1v) is 10.2. The molecule has 1 amide bonds. The number of carbonyl (C=O) groups excluding carboxylic acids is 1. The minimum absolute atomic E-state index is 0.0520. The van der Waals surface area contributed by atoms with Crippen LogP contribution >= 0.6 is 11.8 Å². The van der Waals surface area contributed by atoms with Crippen molar-refractivity contribution >= 4 is 17.7 Å². The Morgan fingerprint density at radius 2 is 2.12 bits per heavy atom. The third-order valence-electron chi connectivity index (χ3n) is 5.41. The number of hydrogen-bond donors (Lipinski definition) is 1. The highest BCUT2D eigenvalue weighted by Crippen LogP contribution is 2.29. The normalized spacial score (nSPS) is 23.0. The van der Waals surface area contributed by atoms with Crippen molar-refractivity contribution in [3.8, 4) is 5.69 Å². The number of tetrazole rings is 1. The number of nitrogens with zero attached hydrogens (tertiary/aromatic N) is 4. The summed E-state index contributed by atoms with van der Waals surface area (Å²) in [5.74, 6) is 1.57. The van der Waals surface area contributed by atoms with E-state index in [9.17, 15) is 4.79 Å². The largest absolute Gasteiger partial charge is 0.352 e. The van der Waals surface area contributed by atoms with Crippen LogP contribution in [0, 0.1) is 25.7 Å². The van der Waals surface area contributed by atoms with Gasteiger partial charge in [0.25, 0.3) is 0 Å². The maximum absolute atomic E-state index is 12.4. The molecule has 1 heterocycles. The van der Waals surface area contributed by atoms with Gasteiger partial charge in [-0.2, -0.15) is 4.68 Å². The first kappa shape index (κ1) is 18.9. The van der Waals surface area contributed by atoms with E-state index >= 15 is 0 Å². The highest BCUT2D eigenvalue weighted by Gasteiger charge is 2.28. The van der Waals surface area contributed by atoms with E-state index in [1.165, 1.54) is 30.2 Å². The summed E-state index contributed by atoms with van der Waals surface area (Å²) in [6, 6.07) is 6.43. The van der Waals surface area contributed by atoms with E-state index in [4.69, 9.17) is 0 Å². The number of nitrogens with one attached hydrogen (secondary N) is 1. The van der Waals surface area contributed by atoms with Gasteiger partial charge >= 0.3 is 0 Å². The van der Waals surface area contributed by atoms with E-state index in [0.29, 0.717) is 22.7 Å². The predicted molar refractivity (Wildman–Crippen MR) is 103 cm³/mol. The van der Waals surface area contributed by atoms with Crippen LogP contribution in [0.3, 0.4) is 0 Å². The van der Waals surface area contributed by atoms with E-state index in [2.05, 4.69) is 47.7 Å². The highest BCUT2D eigenvalue weighted by atomic mass is 32.2. The van der Waals surface area contributed by atoms with Gasteiger partial charge in [0.05, 0.1) is 11.4 Å². The number of amides is 1. The van der Waals surface area contributed by atoms with Gasteiger partial charge in [0.15, 0.2) is 0 Å². The van der Waals surface area contributed by atoms with Gasteiger partial charge < -0.3 is 5.32 Å². The molecule has 1 saturated carbocycles. The molecule has 6 nitrogen and oxygen atoms in total. The van der Waals surface area contributed by atoms with Crippen molar-refractivity contribution in [1.29, 1.82) is 0 Å². The van der Waals surface area contributed by atoms with Crippen LogP contribution in [0.1, 0.15) is 44.2 Å². The van der Waals surface area contributed by atoms with Crippen LogP contribution in [0.5, 0.6) is 0 Å². The molecular weight excluding hydrogens is 346 g/mol. The minimum Gasteiger partial charge on any atom is -0.352 e. The number of aromatic nitrogens is 4. The number of carbonyl (C=O) groups is 1. The molecule has 26 heavy (non-hydrogen) atoms. The number of hydrogen-bond acceptors (Lipinski definition) is 5. The Labute approximate surface area is 159 Å². The van der Waals surface area contributed by atoms with Crippen molar-refractivity contribution in [3.63, 3.8) is 0 Å². The van der Waals surface area contributed by atoms with Crippen molar-refractivity contribution in [3.05, 3.63) is 29.3 Å². The predicted octanol–water partition coefficient (Wildman–Crippen LogP) is 3.31. The maximum Gasteiger partial charge on any atom is 0.230 e. The smallest absolute Gasteiger partial charge is 0.230 e. The van der Waals surface area contributed by atoms with Gasteiger partial charge in [0.2, 0.25) is 11.1 Å². The lowest BCUT2D eigenvalue weighted by atomic mass is 9.78. The fraction of sp³-hybridized carbons (Fsp3) is 0.579. The van der Waals surface area contributed by atoms with Gasteiger partial charge in [-0.15, -0.1) is 5.10 Å². The molecule has 0 saturated heterocycles. The first-order valence-electron chi connectivity index (χ1n) is 9.24. The third kappa shape index (κ3) is 4.26. The van der Waals surface area contributed by atoms with Crippen LogP contribution in [0.15, 0.2) is 23.4 Å². The molecule has 1 aliphatic carbocycles. The van der Waals surface area contributed by atoms with Crippen LogP contribution in [-0.4, -0.2) is 37.9 Å². The lowest BCUT2D eigenvalue weighted by molar-refractivity contribution is -0.120. The van der Waals surface area contributed by atoms with Crippen molar-refractivity contribution < 1.29 is 4.79 Å². The molecule has 1 fully saturated rings. The average Bonchev–Trinajstić information content (AvgIpc) is 3.05. The fourth-order valence-electron chi connectivity index (χ4n) is 3.63. The van der Waals surface area contributed by atoms with Crippen LogP contribution in [-0.2, 0) is 4.79 Å². The zero-order chi connectivity index (χ0) is 18.7. The molecule has 140 valence electrons. The summed E-state index contributed by atoms with van der Waals surface area (Å²) in [6.07, 6.45) is 3.52. The fourth-order valence-corrected chi connectivity index (χ4v) is 4.32. The molecule has 1 aliphatic rings. The molecule has 0 aliphatic heterocycles. The first-order chi connectivity index (χ1) is 12.5. The summed E-state index contributed by atoms with van der Waals surface area (Å²) >= 11 is 1.37. The summed E-state index contributed by atoms with van der Waals surface area (Å²) < 4.78 is 1.71. The van der Waals surface area contributed by atoms with Crippen molar-refractivity contribution in [1.82, 2.24) is 25.5 Å². The van der Waals surface area contributed by atoms with Crippen molar-refractivity contribution in [2.45, 2.75) is 58.2 Å². The van der Waals surface area contributed by atoms with Crippen LogP contribution in [0.4, 0.5) is 0 Å². The van der Waals surface area contributed by atoms with Crippen LogP contribution in [0.2, 0.25) is 0 Å². The number of rotatable bonds is 5. The minimum atomic E-state index is 0.0520. The monoisotopic (exact) mass is 373 g/mol. The second kappa shape index (κ2) is 8.20. The molecule has 1 N–H and O–H groups in total. The zero-order valence-electron chi connectivity index (χ0n) is 15.9. The van der Waals surface area contributed by atoms with E-state index in [1.807, 2.05) is 19.1 Å². The molecule has 0 spiro atoms. The van der Waals surface area contributed by atoms with Gasteiger partial charge in [-0.05, 0) is 54.2 Å². The van der Waals surface area contributed by atoms with Gasteiger partial charge in [0.1, 0.15) is 0 Å².